The predicted molar refractivity (Wildman–Crippen MR) is 93.9 cm³/mol. The second-order valence-corrected chi connectivity index (χ2v) is 7.90. The van der Waals surface area contributed by atoms with Crippen molar-refractivity contribution in [2.75, 3.05) is 0 Å². The van der Waals surface area contributed by atoms with E-state index in [9.17, 15) is 13.2 Å². The maximum Gasteiger partial charge on any atom is 0.239 e. The minimum atomic E-state index is -3.89. The first-order valence-corrected chi connectivity index (χ1v) is 9.61. The number of carbonyl (C=O) groups excluding carboxylic acids is 1. The quantitative estimate of drug-likeness (QED) is 0.873. The molecule has 0 bridgehead atoms. The van der Waals surface area contributed by atoms with Crippen molar-refractivity contribution < 1.29 is 13.2 Å². The van der Waals surface area contributed by atoms with Gasteiger partial charge in [-0.15, -0.1) is 0 Å². The molecule has 0 aromatic heterocycles. The molecule has 0 saturated heterocycles. The van der Waals surface area contributed by atoms with E-state index < -0.39 is 27.6 Å². The fraction of sp³-hybridized carbons (Fsp3) is 0.211. The van der Waals surface area contributed by atoms with E-state index >= 15 is 0 Å². The summed E-state index contributed by atoms with van der Waals surface area (Å²) in [6, 6.07) is 17.3. The lowest BCUT2D eigenvalue weighted by atomic mass is 10.1. The summed E-state index contributed by atoms with van der Waals surface area (Å²) in [7, 11) is -3.89. The minimum Gasteiger partial charge on any atom is -0.274 e. The minimum absolute atomic E-state index is 0.0788. The second kappa shape index (κ2) is 6.99. The average molecular weight is 365 g/mol. The molecule has 1 aliphatic rings. The highest BCUT2D eigenvalue weighted by Crippen LogP contribution is 2.47. The van der Waals surface area contributed by atoms with Gasteiger partial charge in [-0.25, -0.2) is 8.42 Å². The molecule has 2 aromatic carbocycles. The smallest absolute Gasteiger partial charge is 0.239 e. The molecule has 0 spiro atoms. The van der Waals surface area contributed by atoms with Crippen LogP contribution in [0.1, 0.15) is 34.6 Å². The van der Waals surface area contributed by atoms with Gasteiger partial charge in [0.1, 0.15) is 0 Å². The lowest BCUT2D eigenvalue weighted by Gasteiger charge is -2.08. The standard InChI is InChI=1S/C19H15N3O3S/c20-10-13-4-3-7-14(8-13)17-9-18(17)19(23)22-26(24,25)12-16-6-2-1-5-15(16)11-21/h1-8,17-18H,9,12H2,(H,22,23)/t17-,18-/m1/s1. The highest BCUT2D eigenvalue weighted by Gasteiger charge is 2.45. The van der Waals surface area contributed by atoms with E-state index in [4.69, 9.17) is 10.5 Å². The van der Waals surface area contributed by atoms with E-state index in [-0.39, 0.29) is 11.5 Å². The molecule has 0 heterocycles. The number of nitriles is 2. The number of nitrogens with zero attached hydrogens (tertiary/aromatic N) is 2. The zero-order chi connectivity index (χ0) is 18.7. The molecule has 1 fully saturated rings. The largest absolute Gasteiger partial charge is 0.274 e. The molecule has 130 valence electrons. The summed E-state index contributed by atoms with van der Waals surface area (Å²) in [6.45, 7) is 0. The van der Waals surface area contributed by atoms with Gasteiger partial charge in [-0.3, -0.25) is 9.52 Å². The molecule has 7 heteroatoms. The molecule has 0 unspecified atom stereocenters. The van der Waals surface area contributed by atoms with Gasteiger partial charge in [0.15, 0.2) is 0 Å². The number of carbonyl (C=O) groups is 1. The number of nitrogens with one attached hydrogen (secondary N) is 1. The van der Waals surface area contributed by atoms with Gasteiger partial charge in [0.2, 0.25) is 15.9 Å². The molecule has 2 atom stereocenters. The molecule has 6 nitrogen and oxygen atoms in total. The summed E-state index contributed by atoms with van der Waals surface area (Å²) in [4.78, 5) is 12.3. The van der Waals surface area contributed by atoms with Crippen molar-refractivity contribution in [3.63, 3.8) is 0 Å². The monoisotopic (exact) mass is 365 g/mol. The van der Waals surface area contributed by atoms with Crippen molar-refractivity contribution in [1.29, 1.82) is 10.5 Å². The SMILES string of the molecule is N#Cc1cccc([C@H]2C[C@H]2C(=O)NS(=O)(=O)Cc2ccccc2C#N)c1. The Kier molecular flexibility index (Phi) is 4.75. The Balaban J connectivity index is 1.67. The normalized spacial score (nSPS) is 18.4. The van der Waals surface area contributed by atoms with Gasteiger partial charge in [-0.2, -0.15) is 10.5 Å². The third-order valence-electron chi connectivity index (χ3n) is 4.31. The molecule has 1 amide bonds. The van der Waals surface area contributed by atoms with Gasteiger partial charge in [0.05, 0.1) is 29.0 Å². The van der Waals surface area contributed by atoms with Crippen LogP contribution in [0.4, 0.5) is 0 Å². The Bertz CT molecular complexity index is 1050. The van der Waals surface area contributed by atoms with Crippen molar-refractivity contribution in [3.8, 4) is 12.1 Å². The first-order chi connectivity index (χ1) is 12.4. The fourth-order valence-electron chi connectivity index (χ4n) is 2.92. The van der Waals surface area contributed by atoms with E-state index in [0.717, 1.165) is 5.56 Å². The lowest BCUT2D eigenvalue weighted by molar-refractivity contribution is -0.120. The lowest BCUT2D eigenvalue weighted by Crippen LogP contribution is -2.33. The number of rotatable bonds is 5. The fourth-order valence-corrected chi connectivity index (χ4v) is 4.11. The van der Waals surface area contributed by atoms with Crippen LogP contribution in [0.25, 0.3) is 0 Å². The van der Waals surface area contributed by atoms with E-state index in [2.05, 4.69) is 4.72 Å². The third kappa shape index (κ3) is 3.90. The molecule has 1 aliphatic carbocycles. The van der Waals surface area contributed by atoms with Gasteiger partial charge in [0.25, 0.3) is 0 Å². The first-order valence-electron chi connectivity index (χ1n) is 7.96. The number of amides is 1. The van der Waals surface area contributed by atoms with Gasteiger partial charge in [-0.1, -0.05) is 30.3 Å². The molecule has 3 rings (SSSR count). The van der Waals surface area contributed by atoms with Gasteiger partial charge in [0, 0.05) is 5.92 Å². The first kappa shape index (κ1) is 17.7. The van der Waals surface area contributed by atoms with Crippen molar-refractivity contribution in [1.82, 2.24) is 4.72 Å². The van der Waals surface area contributed by atoms with Crippen molar-refractivity contribution in [3.05, 3.63) is 70.8 Å². The van der Waals surface area contributed by atoms with E-state index in [0.29, 0.717) is 17.5 Å². The predicted octanol–water partition coefficient (Wildman–Crippen LogP) is 2.18. The molecule has 26 heavy (non-hydrogen) atoms. The zero-order valence-electron chi connectivity index (χ0n) is 13.7. The molecular weight excluding hydrogens is 350 g/mol. The highest BCUT2D eigenvalue weighted by atomic mass is 32.2. The summed E-state index contributed by atoms with van der Waals surface area (Å²) < 4.78 is 26.6. The molecular formula is C19H15N3O3S. The van der Waals surface area contributed by atoms with Crippen LogP contribution in [0.2, 0.25) is 0 Å². The topological polar surface area (TPSA) is 111 Å². The van der Waals surface area contributed by atoms with Crippen molar-refractivity contribution in [2.45, 2.75) is 18.1 Å². The van der Waals surface area contributed by atoms with Crippen LogP contribution in [-0.2, 0) is 20.6 Å². The Morgan fingerprint density at radius 3 is 2.62 bits per heavy atom. The van der Waals surface area contributed by atoms with Crippen LogP contribution < -0.4 is 4.72 Å². The second-order valence-electron chi connectivity index (χ2n) is 6.18. The Morgan fingerprint density at radius 1 is 1.12 bits per heavy atom. The summed E-state index contributed by atoms with van der Waals surface area (Å²) in [6.07, 6.45) is 0.547. The summed E-state index contributed by atoms with van der Waals surface area (Å²) in [5.41, 5.74) is 1.98. The molecule has 2 aromatic rings. The number of sulfonamides is 1. The van der Waals surface area contributed by atoms with Crippen LogP contribution in [0.15, 0.2) is 48.5 Å². The van der Waals surface area contributed by atoms with Gasteiger partial charge < -0.3 is 0 Å². The Hall–Kier alpha value is -3.16. The summed E-state index contributed by atoms with van der Waals surface area (Å²) in [5.74, 6) is -1.48. The van der Waals surface area contributed by atoms with E-state index in [1.165, 1.54) is 6.07 Å². The number of hydrogen-bond donors (Lipinski definition) is 1. The van der Waals surface area contributed by atoms with Crippen LogP contribution in [0.5, 0.6) is 0 Å². The van der Waals surface area contributed by atoms with E-state index in [1.54, 1.807) is 36.4 Å². The number of benzene rings is 2. The summed E-state index contributed by atoms with van der Waals surface area (Å²) in [5, 5.41) is 18.0. The van der Waals surface area contributed by atoms with Gasteiger partial charge in [-0.05, 0) is 41.7 Å². The number of hydrogen-bond acceptors (Lipinski definition) is 5. The maximum absolute atomic E-state index is 12.3. The maximum atomic E-state index is 12.3. The van der Waals surface area contributed by atoms with Gasteiger partial charge >= 0.3 is 0 Å². The molecule has 1 saturated carbocycles. The highest BCUT2D eigenvalue weighted by molar-refractivity contribution is 7.89. The Morgan fingerprint density at radius 2 is 1.88 bits per heavy atom. The van der Waals surface area contributed by atoms with E-state index in [1.807, 2.05) is 18.2 Å². The van der Waals surface area contributed by atoms with Crippen LogP contribution in [0.3, 0.4) is 0 Å². The zero-order valence-corrected chi connectivity index (χ0v) is 14.5. The van der Waals surface area contributed by atoms with Crippen molar-refractivity contribution >= 4 is 15.9 Å². The van der Waals surface area contributed by atoms with Crippen molar-refractivity contribution in [2.24, 2.45) is 5.92 Å². The Labute approximate surface area is 151 Å². The van der Waals surface area contributed by atoms with Crippen LogP contribution >= 0.6 is 0 Å². The third-order valence-corrected chi connectivity index (χ3v) is 5.51. The molecule has 0 radical (unpaired) electrons. The summed E-state index contributed by atoms with van der Waals surface area (Å²) >= 11 is 0. The molecule has 0 aliphatic heterocycles. The van der Waals surface area contributed by atoms with Crippen LogP contribution in [0, 0.1) is 28.6 Å². The van der Waals surface area contributed by atoms with Crippen LogP contribution in [-0.4, -0.2) is 14.3 Å². The molecule has 1 N–H and O–H groups in total. The average Bonchev–Trinajstić information content (AvgIpc) is 3.42.